The molecule has 1 aliphatic rings. The predicted molar refractivity (Wildman–Crippen MR) is 221 cm³/mol. The van der Waals surface area contributed by atoms with Crippen molar-refractivity contribution in [2.24, 2.45) is 0 Å². The van der Waals surface area contributed by atoms with Crippen LogP contribution in [-0.4, -0.2) is 15.0 Å². The molecular formula is C51H33IN3-. The van der Waals surface area contributed by atoms with Gasteiger partial charge in [-0.25, -0.2) is 0 Å². The molecule has 8 aromatic carbocycles. The van der Waals surface area contributed by atoms with Gasteiger partial charge in [-0.2, -0.15) is 0 Å². The van der Waals surface area contributed by atoms with Crippen molar-refractivity contribution < 1.29 is 21.2 Å². The minimum atomic E-state index is -0.194. The van der Waals surface area contributed by atoms with Crippen molar-refractivity contribution in [2.75, 3.05) is 0 Å². The Morgan fingerprint density at radius 2 is 0.673 bits per heavy atom. The van der Waals surface area contributed by atoms with Gasteiger partial charge in [0, 0.05) is 0 Å². The first-order valence-corrected chi connectivity index (χ1v) is 20.6. The van der Waals surface area contributed by atoms with Crippen molar-refractivity contribution in [2.45, 2.75) is 0 Å². The quantitative estimate of drug-likeness (QED) is 0.151. The summed E-state index contributed by atoms with van der Waals surface area (Å²) < 4.78 is 2.96. The van der Waals surface area contributed by atoms with Crippen molar-refractivity contribution in [3.63, 3.8) is 0 Å². The van der Waals surface area contributed by atoms with E-state index in [0.29, 0.717) is 17.5 Å². The summed E-state index contributed by atoms with van der Waals surface area (Å²) in [5, 5.41) is 0. The van der Waals surface area contributed by atoms with E-state index >= 15 is 0 Å². The molecule has 4 heteroatoms. The van der Waals surface area contributed by atoms with Gasteiger partial charge >= 0.3 is 215 Å². The van der Waals surface area contributed by atoms with Gasteiger partial charge in [0.05, 0.1) is 0 Å². The Labute approximate surface area is 331 Å². The number of aromatic nitrogens is 3. The number of benzene rings is 8. The summed E-state index contributed by atoms with van der Waals surface area (Å²) >= 11 is -0.194. The van der Waals surface area contributed by atoms with Gasteiger partial charge in [0.15, 0.2) is 0 Å². The fourth-order valence-electron chi connectivity index (χ4n) is 7.43. The fraction of sp³-hybridized carbons (Fsp3) is 0. The third-order valence-corrected chi connectivity index (χ3v) is 13.1. The zero-order chi connectivity index (χ0) is 36.6. The second kappa shape index (κ2) is 14.4. The molecular weight excluding hydrogens is 781 g/mol. The van der Waals surface area contributed by atoms with Crippen LogP contribution in [0.15, 0.2) is 200 Å². The number of rotatable bonds is 7. The topological polar surface area (TPSA) is 38.7 Å². The maximum atomic E-state index is 5.12. The summed E-state index contributed by atoms with van der Waals surface area (Å²) in [5.74, 6) is 1.95. The molecule has 55 heavy (non-hydrogen) atoms. The Kier molecular flexibility index (Phi) is 8.66. The average molecular weight is 815 g/mol. The first kappa shape index (κ1) is 33.1. The standard InChI is InChI=1S/C51H33IN3/c1-3-14-35(15-4-1)42-22-7-8-23-43(42)39-19-11-18-38(32-39)34-28-30-37(31-29-34)50-53-49(36-16-5-2-6-17-36)54-51(55-50)41-21-12-20-40(33-41)44-25-13-27-47-48(44)45-24-9-10-26-46(45)52-47/h1-33H/q-1. The Hall–Kier alpha value is -6.50. The number of hydrogen-bond donors (Lipinski definition) is 0. The summed E-state index contributed by atoms with van der Waals surface area (Å²) in [7, 11) is 0. The second-order valence-corrected chi connectivity index (χ2v) is 16.4. The van der Waals surface area contributed by atoms with Gasteiger partial charge in [-0.1, -0.05) is 78.9 Å². The Balaban J connectivity index is 1.02. The molecule has 0 aliphatic carbocycles. The summed E-state index contributed by atoms with van der Waals surface area (Å²) in [6.45, 7) is 0. The maximum absolute atomic E-state index is 5.12. The average Bonchev–Trinajstić information content (AvgIpc) is 3.66. The van der Waals surface area contributed by atoms with Gasteiger partial charge in [0.2, 0.25) is 0 Å². The van der Waals surface area contributed by atoms with Crippen LogP contribution >= 0.6 is 0 Å². The van der Waals surface area contributed by atoms with Crippen LogP contribution in [0.2, 0.25) is 0 Å². The first-order valence-electron chi connectivity index (χ1n) is 18.4. The Morgan fingerprint density at radius 3 is 1.38 bits per heavy atom. The predicted octanol–water partition coefficient (Wildman–Crippen LogP) is 9.65. The summed E-state index contributed by atoms with van der Waals surface area (Å²) in [4.78, 5) is 15.2. The summed E-state index contributed by atoms with van der Waals surface area (Å²) in [6, 6.07) is 71.0. The molecule has 0 fully saturated rings. The number of halogens is 1. The van der Waals surface area contributed by atoms with E-state index in [0.717, 1.165) is 33.4 Å². The molecule has 1 aliphatic heterocycles. The van der Waals surface area contributed by atoms with E-state index in [1.807, 2.05) is 18.2 Å². The number of fused-ring (bicyclic) bond motifs is 3. The SMILES string of the molecule is c1ccc(-c2nc(-c3ccc(-c4cccc(-c5ccccc5-c5ccccc5)c4)cc3)nc(-c3cccc(-c4cccc5c4-c4ccccc4[I-]5)c3)n2)cc1. The third kappa shape index (κ3) is 6.45. The summed E-state index contributed by atoms with van der Waals surface area (Å²) in [5.41, 5.74) is 15.1. The van der Waals surface area contributed by atoms with Crippen LogP contribution < -0.4 is 21.2 Å². The molecule has 0 N–H and O–H groups in total. The molecule has 0 amide bonds. The van der Waals surface area contributed by atoms with Crippen LogP contribution in [0, 0.1) is 7.14 Å². The molecule has 0 saturated carbocycles. The van der Waals surface area contributed by atoms with Gasteiger partial charge < -0.3 is 0 Å². The molecule has 0 spiro atoms. The van der Waals surface area contributed by atoms with E-state index in [4.69, 9.17) is 15.0 Å². The van der Waals surface area contributed by atoms with Crippen LogP contribution in [0.5, 0.6) is 0 Å². The van der Waals surface area contributed by atoms with Crippen LogP contribution in [-0.2, 0) is 0 Å². The molecule has 10 rings (SSSR count). The monoisotopic (exact) mass is 814 g/mol. The van der Waals surface area contributed by atoms with E-state index in [1.54, 1.807) is 0 Å². The van der Waals surface area contributed by atoms with Crippen LogP contribution in [0.4, 0.5) is 0 Å². The van der Waals surface area contributed by atoms with E-state index in [-0.39, 0.29) is 21.2 Å². The van der Waals surface area contributed by atoms with Gasteiger partial charge in [-0.3, -0.25) is 0 Å². The number of nitrogens with zero attached hydrogens (tertiary/aromatic N) is 3. The van der Waals surface area contributed by atoms with Crippen molar-refractivity contribution >= 4 is 0 Å². The normalized spacial score (nSPS) is 11.7. The second-order valence-electron chi connectivity index (χ2n) is 13.6. The van der Waals surface area contributed by atoms with Gasteiger partial charge in [-0.05, 0) is 39.4 Å². The van der Waals surface area contributed by atoms with E-state index in [9.17, 15) is 0 Å². The van der Waals surface area contributed by atoms with Gasteiger partial charge in [0.1, 0.15) is 0 Å². The van der Waals surface area contributed by atoms with Crippen molar-refractivity contribution in [1.82, 2.24) is 15.0 Å². The first-order chi connectivity index (χ1) is 27.2. The van der Waals surface area contributed by atoms with Crippen LogP contribution in [0.25, 0.3) is 89.8 Å². The molecule has 9 aromatic rings. The van der Waals surface area contributed by atoms with Crippen LogP contribution in [0.1, 0.15) is 0 Å². The van der Waals surface area contributed by atoms with E-state index in [2.05, 4.69) is 182 Å². The molecule has 0 bridgehead atoms. The molecule has 2 heterocycles. The fourth-order valence-corrected chi connectivity index (χ4v) is 10.4. The van der Waals surface area contributed by atoms with Crippen molar-refractivity contribution in [3.8, 4) is 89.8 Å². The third-order valence-electron chi connectivity index (χ3n) is 10.1. The van der Waals surface area contributed by atoms with Gasteiger partial charge in [0.25, 0.3) is 0 Å². The van der Waals surface area contributed by atoms with E-state index < -0.39 is 0 Å². The zero-order valence-electron chi connectivity index (χ0n) is 29.8. The van der Waals surface area contributed by atoms with Crippen molar-refractivity contribution in [3.05, 3.63) is 207 Å². The Bertz CT molecular complexity index is 2830. The molecule has 0 unspecified atom stereocenters. The molecule has 0 radical (unpaired) electrons. The molecule has 1 aromatic heterocycles. The molecule has 3 nitrogen and oxygen atoms in total. The van der Waals surface area contributed by atoms with Crippen molar-refractivity contribution in [1.29, 1.82) is 0 Å². The molecule has 0 saturated heterocycles. The Morgan fingerprint density at radius 1 is 0.255 bits per heavy atom. The van der Waals surface area contributed by atoms with Crippen LogP contribution in [0.3, 0.4) is 0 Å². The zero-order valence-corrected chi connectivity index (χ0v) is 31.9. The summed E-state index contributed by atoms with van der Waals surface area (Å²) in [6.07, 6.45) is 0. The molecule has 260 valence electrons. The molecule has 0 atom stereocenters. The minimum absolute atomic E-state index is 0.194. The van der Waals surface area contributed by atoms with Gasteiger partial charge in [-0.15, -0.1) is 0 Å². The van der Waals surface area contributed by atoms with E-state index in [1.165, 1.54) is 46.1 Å². The number of hydrogen-bond acceptors (Lipinski definition) is 3.